The van der Waals surface area contributed by atoms with Crippen molar-refractivity contribution in [3.63, 3.8) is 0 Å². The zero-order valence-corrected chi connectivity index (χ0v) is 13.4. The molecule has 2 amide bonds. The van der Waals surface area contributed by atoms with Crippen LogP contribution in [0.4, 0.5) is 4.79 Å². The van der Waals surface area contributed by atoms with E-state index in [1.54, 1.807) is 6.07 Å². The number of urea groups is 1. The summed E-state index contributed by atoms with van der Waals surface area (Å²) in [5.74, 6) is 0. The lowest BCUT2D eigenvalue weighted by Gasteiger charge is -2.25. The number of amides is 2. The summed E-state index contributed by atoms with van der Waals surface area (Å²) in [6.07, 6.45) is 7.71. The van der Waals surface area contributed by atoms with Crippen LogP contribution in [0.1, 0.15) is 50.5 Å². The molecule has 1 aromatic rings. The number of carbonyl (C=O) groups excluding carboxylic acids is 1. The molecule has 0 saturated heterocycles. The minimum atomic E-state index is -0.305. The molecule has 0 atom stereocenters. The molecule has 114 valence electrons. The Balaban J connectivity index is 1.64. The largest absolute Gasteiger partial charge is 0.335 e. The zero-order valence-electron chi connectivity index (χ0n) is 11.9. The summed E-state index contributed by atoms with van der Waals surface area (Å²) in [5, 5.41) is 7.45. The standard InChI is InChI=1S/C16H20Cl2N2O/c17-11-6-7-13(14(18)10-11)16(8-9-16)20-15(21)19-12-4-2-1-3-5-12/h6-7,10,12H,1-5,8-9H2,(H2,19,20,21). The summed E-state index contributed by atoms with van der Waals surface area (Å²) >= 11 is 12.2. The predicted octanol–water partition coefficient (Wildman–Crippen LogP) is 4.61. The Bertz CT molecular complexity index is 537. The minimum absolute atomic E-state index is 0.0783. The van der Waals surface area contributed by atoms with Crippen LogP contribution >= 0.6 is 23.2 Å². The molecule has 3 nitrogen and oxygen atoms in total. The van der Waals surface area contributed by atoms with Gasteiger partial charge in [0.15, 0.2) is 0 Å². The van der Waals surface area contributed by atoms with Crippen LogP contribution in [-0.4, -0.2) is 12.1 Å². The third-order valence-electron chi connectivity index (χ3n) is 4.49. The van der Waals surface area contributed by atoms with E-state index in [9.17, 15) is 4.79 Å². The molecule has 0 aromatic heterocycles. The molecule has 0 spiro atoms. The highest BCUT2D eigenvalue weighted by molar-refractivity contribution is 6.35. The lowest BCUT2D eigenvalue weighted by atomic mass is 9.96. The van der Waals surface area contributed by atoms with E-state index in [-0.39, 0.29) is 11.6 Å². The summed E-state index contributed by atoms with van der Waals surface area (Å²) in [7, 11) is 0. The first-order valence-electron chi connectivity index (χ1n) is 7.63. The van der Waals surface area contributed by atoms with Gasteiger partial charge in [0, 0.05) is 16.1 Å². The Morgan fingerprint density at radius 1 is 1.14 bits per heavy atom. The topological polar surface area (TPSA) is 41.1 Å². The Morgan fingerprint density at radius 2 is 1.86 bits per heavy atom. The molecular formula is C16H20Cl2N2O. The van der Waals surface area contributed by atoms with Gasteiger partial charge in [-0.1, -0.05) is 48.5 Å². The minimum Gasteiger partial charge on any atom is -0.335 e. The Morgan fingerprint density at radius 3 is 2.48 bits per heavy atom. The summed E-state index contributed by atoms with van der Waals surface area (Å²) in [6, 6.07) is 5.71. The van der Waals surface area contributed by atoms with E-state index in [4.69, 9.17) is 23.2 Å². The van der Waals surface area contributed by atoms with Crippen LogP contribution in [0.3, 0.4) is 0 Å². The van der Waals surface area contributed by atoms with Gasteiger partial charge in [-0.2, -0.15) is 0 Å². The van der Waals surface area contributed by atoms with Gasteiger partial charge in [-0.05, 0) is 43.4 Å². The number of benzene rings is 1. The molecule has 2 fully saturated rings. The van der Waals surface area contributed by atoms with E-state index in [0.29, 0.717) is 16.1 Å². The number of halogens is 2. The average Bonchev–Trinajstić information content (AvgIpc) is 3.20. The molecule has 0 aliphatic heterocycles. The molecule has 1 aromatic carbocycles. The molecule has 2 aliphatic carbocycles. The Kier molecular flexibility index (Phi) is 4.32. The van der Waals surface area contributed by atoms with E-state index in [1.165, 1.54) is 19.3 Å². The van der Waals surface area contributed by atoms with Crippen LogP contribution in [-0.2, 0) is 5.54 Å². The van der Waals surface area contributed by atoms with Crippen molar-refractivity contribution in [3.05, 3.63) is 33.8 Å². The van der Waals surface area contributed by atoms with Crippen molar-refractivity contribution in [2.45, 2.75) is 56.5 Å². The second-order valence-electron chi connectivity index (χ2n) is 6.14. The molecule has 5 heteroatoms. The van der Waals surface area contributed by atoms with E-state index < -0.39 is 0 Å². The highest BCUT2D eigenvalue weighted by Gasteiger charge is 2.47. The van der Waals surface area contributed by atoms with E-state index in [2.05, 4.69) is 10.6 Å². The first-order chi connectivity index (χ1) is 10.1. The highest BCUT2D eigenvalue weighted by atomic mass is 35.5. The second kappa shape index (κ2) is 6.05. The third kappa shape index (κ3) is 3.46. The number of rotatable bonds is 3. The fourth-order valence-corrected chi connectivity index (χ4v) is 3.74. The van der Waals surface area contributed by atoms with Crippen molar-refractivity contribution in [2.75, 3.05) is 0 Å². The van der Waals surface area contributed by atoms with Crippen LogP contribution in [0.5, 0.6) is 0 Å². The summed E-state index contributed by atoms with van der Waals surface area (Å²) in [5.41, 5.74) is 0.660. The van der Waals surface area contributed by atoms with Crippen LogP contribution in [0.2, 0.25) is 10.0 Å². The number of nitrogens with one attached hydrogen (secondary N) is 2. The lowest BCUT2D eigenvalue weighted by Crippen LogP contribution is -2.47. The molecule has 2 aliphatic rings. The monoisotopic (exact) mass is 326 g/mol. The summed E-state index contributed by atoms with van der Waals surface area (Å²) in [4.78, 5) is 12.2. The first kappa shape index (κ1) is 15.0. The van der Waals surface area contributed by atoms with Crippen molar-refractivity contribution in [1.82, 2.24) is 10.6 Å². The van der Waals surface area contributed by atoms with Crippen LogP contribution in [0.15, 0.2) is 18.2 Å². The smallest absolute Gasteiger partial charge is 0.315 e. The Labute approximate surface area is 135 Å². The van der Waals surface area contributed by atoms with Gasteiger partial charge in [-0.25, -0.2) is 4.79 Å². The molecule has 0 unspecified atom stereocenters. The fraction of sp³-hybridized carbons (Fsp3) is 0.562. The fourth-order valence-electron chi connectivity index (χ4n) is 3.15. The maximum atomic E-state index is 12.2. The van der Waals surface area contributed by atoms with Crippen LogP contribution in [0, 0.1) is 0 Å². The summed E-state index contributed by atoms with van der Waals surface area (Å²) < 4.78 is 0. The van der Waals surface area contributed by atoms with Gasteiger partial charge >= 0.3 is 6.03 Å². The predicted molar refractivity (Wildman–Crippen MR) is 85.9 cm³/mol. The molecule has 21 heavy (non-hydrogen) atoms. The van der Waals surface area contributed by atoms with Gasteiger partial charge in [-0.15, -0.1) is 0 Å². The summed E-state index contributed by atoms with van der Waals surface area (Å²) in [6.45, 7) is 0. The molecule has 3 rings (SSSR count). The molecule has 0 radical (unpaired) electrons. The van der Waals surface area contributed by atoms with E-state index in [0.717, 1.165) is 31.2 Å². The maximum absolute atomic E-state index is 12.2. The first-order valence-corrected chi connectivity index (χ1v) is 8.39. The van der Waals surface area contributed by atoms with E-state index >= 15 is 0 Å². The van der Waals surface area contributed by atoms with Crippen molar-refractivity contribution < 1.29 is 4.79 Å². The SMILES string of the molecule is O=C(NC1CCCCC1)NC1(c2ccc(Cl)cc2Cl)CC1. The number of hydrogen-bond acceptors (Lipinski definition) is 1. The number of hydrogen-bond donors (Lipinski definition) is 2. The molecular weight excluding hydrogens is 307 g/mol. The second-order valence-corrected chi connectivity index (χ2v) is 6.98. The highest BCUT2D eigenvalue weighted by Crippen LogP contribution is 2.48. The third-order valence-corrected chi connectivity index (χ3v) is 5.04. The normalized spacial score (nSPS) is 20.9. The average molecular weight is 327 g/mol. The van der Waals surface area contributed by atoms with Gasteiger partial charge in [0.1, 0.15) is 0 Å². The lowest BCUT2D eigenvalue weighted by molar-refractivity contribution is 0.227. The Hall–Kier alpha value is -0.930. The molecule has 2 N–H and O–H groups in total. The van der Waals surface area contributed by atoms with Crippen LogP contribution < -0.4 is 10.6 Å². The van der Waals surface area contributed by atoms with Crippen molar-refractivity contribution in [3.8, 4) is 0 Å². The molecule has 2 saturated carbocycles. The van der Waals surface area contributed by atoms with Gasteiger partial charge in [0.25, 0.3) is 0 Å². The van der Waals surface area contributed by atoms with Crippen molar-refractivity contribution >= 4 is 29.2 Å². The van der Waals surface area contributed by atoms with Gasteiger partial charge < -0.3 is 10.6 Å². The van der Waals surface area contributed by atoms with Crippen molar-refractivity contribution in [2.24, 2.45) is 0 Å². The van der Waals surface area contributed by atoms with E-state index in [1.807, 2.05) is 12.1 Å². The van der Waals surface area contributed by atoms with Gasteiger partial charge in [0.05, 0.1) is 5.54 Å². The van der Waals surface area contributed by atoms with Gasteiger partial charge in [0.2, 0.25) is 0 Å². The number of carbonyl (C=O) groups is 1. The maximum Gasteiger partial charge on any atom is 0.315 e. The van der Waals surface area contributed by atoms with Crippen molar-refractivity contribution in [1.29, 1.82) is 0 Å². The quantitative estimate of drug-likeness (QED) is 0.836. The van der Waals surface area contributed by atoms with Crippen LogP contribution in [0.25, 0.3) is 0 Å². The molecule has 0 heterocycles. The molecule has 0 bridgehead atoms. The van der Waals surface area contributed by atoms with Gasteiger partial charge in [-0.3, -0.25) is 0 Å². The zero-order chi connectivity index (χ0) is 14.9.